The summed E-state index contributed by atoms with van der Waals surface area (Å²) in [4.78, 5) is 25.9. The molecule has 140 valence electrons. The predicted octanol–water partition coefficient (Wildman–Crippen LogP) is 3.25. The molecular formula is C20H19FN2O4. The summed E-state index contributed by atoms with van der Waals surface area (Å²) in [6.07, 6.45) is 0.136. The standard InChI is InChI=1S/C20H19FN2O4/c1-14-4-7-16(8-5-14)23(11-3-10-22)19(24)13-27-20(25)15-6-9-18(26-2)17(21)12-15/h4-9,12H,3,11,13H2,1-2H3. The second-order valence-electron chi connectivity index (χ2n) is 5.71. The molecule has 6 nitrogen and oxygen atoms in total. The average Bonchev–Trinajstić information content (AvgIpc) is 2.67. The molecular weight excluding hydrogens is 351 g/mol. The topological polar surface area (TPSA) is 79.6 Å². The number of halogens is 1. The number of carbonyl (C=O) groups is 2. The lowest BCUT2D eigenvalue weighted by atomic mass is 10.2. The first kappa shape index (κ1) is 19.9. The molecule has 0 bridgehead atoms. The fraction of sp³-hybridized carbons (Fsp3) is 0.250. The maximum absolute atomic E-state index is 13.7. The van der Waals surface area contributed by atoms with Crippen molar-refractivity contribution in [3.63, 3.8) is 0 Å². The molecule has 1 amide bonds. The van der Waals surface area contributed by atoms with Gasteiger partial charge in [-0.05, 0) is 37.3 Å². The zero-order chi connectivity index (χ0) is 19.8. The Balaban J connectivity index is 2.06. The molecule has 0 unspecified atom stereocenters. The van der Waals surface area contributed by atoms with Gasteiger partial charge in [0.1, 0.15) is 0 Å². The van der Waals surface area contributed by atoms with E-state index in [1.165, 1.54) is 24.1 Å². The van der Waals surface area contributed by atoms with Crippen molar-refractivity contribution in [1.82, 2.24) is 0 Å². The monoisotopic (exact) mass is 370 g/mol. The maximum Gasteiger partial charge on any atom is 0.338 e. The number of aryl methyl sites for hydroxylation is 1. The predicted molar refractivity (Wildman–Crippen MR) is 97.0 cm³/mol. The first-order chi connectivity index (χ1) is 13.0. The highest BCUT2D eigenvalue weighted by molar-refractivity contribution is 5.97. The van der Waals surface area contributed by atoms with E-state index in [9.17, 15) is 14.0 Å². The smallest absolute Gasteiger partial charge is 0.338 e. The molecule has 0 saturated carbocycles. The van der Waals surface area contributed by atoms with Gasteiger partial charge in [-0.3, -0.25) is 4.79 Å². The fourth-order valence-electron chi connectivity index (χ4n) is 2.37. The molecule has 2 rings (SSSR count). The third kappa shape index (κ3) is 5.28. The molecule has 27 heavy (non-hydrogen) atoms. The van der Waals surface area contributed by atoms with Crippen molar-refractivity contribution in [2.24, 2.45) is 0 Å². The summed E-state index contributed by atoms with van der Waals surface area (Å²) in [7, 11) is 1.32. The number of benzene rings is 2. The van der Waals surface area contributed by atoms with Crippen LogP contribution in [0.15, 0.2) is 42.5 Å². The van der Waals surface area contributed by atoms with Gasteiger partial charge in [-0.2, -0.15) is 5.26 Å². The van der Waals surface area contributed by atoms with Crippen molar-refractivity contribution < 1.29 is 23.5 Å². The summed E-state index contributed by atoms with van der Waals surface area (Å²) in [6.45, 7) is 1.57. The molecule has 0 aromatic heterocycles. The molecule has 0 atom stereocenters. The summed E-state index contributed by atoms with van der Waals surface area (Å²) in [6, 6.07) is 12.8. The molecule has 0 spiro atoms. The van der Waals surface area contributed by atoms with Crippen LogP contribution in [0, 0.1) is 24.1 Å². The number of nitriles is 1. The fourth-order valence-corrected chi connectivity index (χ4v) is 2.37. The van der Waals surface area contributed by atoms with Gasteiger partial charge >= 0.3 is 5.97 Å². The number of nitrogens with zero attached hydrogens (tertiary/aromatic N) is 2. The number of hydrogen-bond donors (Lipinski definition) is 0. The van der Waals surface area contributed by atoms with Crippen molar-refractivity contribution in [2.75, 3.05) is 25.2 Å². The van der Waals surface area contributed by atoms with Crippen molar-refractivity contribution in [2.45, 2.75) is 13.3 Å². The Morgan fingerprint density at radius 1 is 1.19 bits per heavy atom. The molecule has 0 aliphatic heterocycles. The van der Waals surface area contributed by atoms with Gasteiger partial charge in [0.25, 0.3) is 5.91 Å². The third-order valence-corrected chi connectivity index (χ3v) is 3.81. The molecule has 7 heteroatoms. The minimum atomic E-state index is -0.825. The van der Waals surface area contributed by atoms with Crippen molar-refractivity contribution in [3.8, 4) is 11.8 Å². The van der Waals surface area contributed by atoms with E-state index < -0.39 is 24.3 Å². The Morgan fingerprint density at radius 3 is 2.48 bits per heavy atom. The van der Waals surface area contributed by atoms with Gasteiger partial charge in [0, 0.05) is 12.2 Å². The van der Waals surface area contributed by atoms with E-state index in [4.69, 9.17) is 14.7 Å². The minimum Gasteiger partial charge on any atom is -0.494 e. The molecule has 0 aliphatic carbocycles. The van der Waals surface area contributed by atoms with E-state index in [-0.39, 0.29) is 24.3 Å². The molecule has 2 aromatic rings. The SMILES string of the molecule is COc1ccc(C(=O)OCC(=O)N(CCC#N)c2ccc(C)cc2)cc1F. The molecule has 0 saturated heterocycles. The van der Waals surface area contributed by atoms with Crippen LogP contribution in [0.2, 0.25) is 0 Å². The Morgan fingerprint density at radius 2 is 1.89 bits per heavy atom. The number of amides is 1. The van der Waals surface area contributed by atoms with Gasteiger partial charge in [-0.15, -0.1) is 0 Å². The second kappa shape index (κ2) is 9.34. The zero-order valence-electron chi connectivity index (χ0n) is 15.1. The Labute approximate surface area is 156 Å². The molecule has 0 aliphatic rings. The van der Waals surface area contributed by atoms with Crippen LogP contribution in [0.3, 0.4) is 0 Å². The van der Waals surface area contributed by atoms with Gasteiger partial charge in [-0.25, -0.2) is 9.18 Å². The van der Waals surface area contributed by atoms with Gasteiger partial charge in [-0.1, -0.05) is 17.7 Å². The van der Waals surface area contributed by atoms with Crippen LogP contribution in [0.1, 0.15) is 22.3 Å². The number of rotatable bonds is 7. The first-order valence-electron chi connectivity index (χ1n) is 8.21. The van der Waals surface area contributed by atoms with Crippen LogP contribution < -0.4 is 9.64 Å². The first-order valence-corrected chi connectivity index (χ1v) is 8.21. The molecule has 0 heterocycles. The molecule has 2 aromatic carbocycles. The van der Waals surface area contributed by atoms with Crippen LogP contribution >= 0.6 is 0 Å². The lowest BCUT2D eigenvalue weighted by molar-refractivity contribution is -0.121. The Hall–Kier alpha value is -3.40. The van der Waals surface area contributed by atoms with Crippen LogP contribution in [-0.4, -0.2) is 32.1 Å². The summed E-state index contributed by atoms with van der Waals surface area (Å²) >= 11 is 0. The lowest BCUT2D eigenvalue weighted by Crippen LogP contribution is -2.35. The lowest BCUT2D eigenvalue weighted by Gasteiger charge is -2.21. The Bertz CT molecular complexity index is 859. The van der Waals surface area contributed by atoms with Crippen LogP contribution in [0.25, 0.3) is 0 Å². The maximum atomic E-state index is 13.7. The van der Waals surface area contributed by atoms with E-state index in [0.29, 0.717) is 5.69 Å². The average molecular weight is 370 g/mol. The minimum absolute atomic E-state index is 0.00433. The van der Waals surface area contributed by atoms with E-state index in [1.54, 1.807) is 12.1 Å². The van der Waals surface area contributed by atoms with Crippen molar-refractivity contribution in [3.05, 3.63) is 59.4 Å². The van der Waals surface area contributed by atoms with E-state index in [2.05, 4.69) is 0 Å². The highest BCUT2D eigenvalue weighted by atomic mass is 19.1. The van der Waals surface area contributed by atoms with Gasteiger partial charge in [0.05, 0.1) is 25.2 Å². The summed E-state index contributed by atoms with van der Waals surface area (Å²) in [5.41, 5.74) is 1.60. The van der Waals surface area contributed by atoms with E-state index in [1.807, 2.05) is 25.1 Å². The number of esters is 1. The van der Waals surface area contributed by atoms with Crippen molar-refractivity contribution >= 4 is 17.6 Å². The Kier molecular flexibility index (Phi) is 6.89. The summed E-state index contributed by atoms with van der Waals surface area (Å²) in [5.74, 6) is -2.00. The summed E-state index contributed by atoms with van der Waals surface area (Å²) < 4.78 is 23.5. The van der Waals surface area contributed by atoms with E-state index in [0.717, 1.165) is 11.6 Å². The quantitative estimate of drug-likeness (QED) is 0.699. The van der Waals surface area contributed by atoms with Crippen LogP contribution in [0.4, 0.5) is 10.1 Å². The zero-order valence-corrected chi connectivity index (χ0v) is 15.1. The normalized spacial score (nSPS) is 10.0. The molecule has 0 N–H and O–H groups in total. The number of methoxy groups -OCH3 is 1. The number of hydrogen-bond acceptors (Lipinski definition) is 5. The largest absolute Gasteiger partial charge is 0.494 e. The third-order valence-electron chi connectivity index (χ3n) is 3.81. The number of carbonyl (C=O) groups excluding carboxylic acids is 2. The highest BCUT2D eigenvalue weighted by Gasteiger charge is 2.19. The number of anilines is 1. The highest BCUT2D eigenvalue weighted by Crippen LogP contribution is 2.19. The van der Waals surface area contributed by atoms with Gasteiger partial charge in [0.15, 0.2) is 18.2 Å². The number of ether oxygens (including phenoxy) is 2. The van der Waals surface area contributed by atoms with Crippen LogP contribution in [0.5, 0.6) is 5.75 Å². The van der Waals surface area contributed by atoms with E-state index >= 15 is 0 Å². The van der Waals surface area contributed by atoms with Crippen molar-refractivity contribution in [1.29, 1.82) is 5.26 Å². The summed E-state index contributed by atoms with van der Waals surface area (Å²) in [5, 5.41) is 8.80. The van der Waals surface area contributed by atoms with Gasteiger partial charge in [0.2, 0.25) is 0 Å². The molecule has 0 radical (unpaired) electrons. The van der Waals surface area contributed by atoms with Crippen LogP contribution in [-0.2, 0) is 9.53 Å². The van der Waals surface area contributed by atoms with Gasteiger partial charge < -0.3 is 14.4 Å². The molecule has 0 fully saturated rings. The second-order valence-corrected chi connectivity index (χ2v) is 5.71.